The molecule has 1 amide bonds. The molecule has 1 aliphatic carbocycles. The topological polar surface area (TPSA) is 124 Å². The van der Waals surface area contributed by atoms with Gasteiger partial charge >= 0.3 is 0 Å². The van der Waals surface area contributed by atoms with E-state index >= 15 is 0 Å². The Kier molecular flexibility index (Phi) is 5.71. The molecule has 1 fully saturated rings. The molecule has 1 aliphatic rings. The number of anilines is 1. The summed E-state index contributed by atoms with van der Waals surface area (Å²) in [5.74, 6) is -0.0549. The van der Waals surface area contributed by atoms with E-state index < -0.39 is 15.9 Å². The van der Waals surface area contributed by atoms with Crippen LogP contribution in [-0.4, -0.2) is 30.4 Å². The van der Waals surface area contributed by atoms with Gasteiger partial charge in [-0.2, -0.15) is 0 Å². The van der Waals surface area contributed by atoms with Crippen LogP contribution in [0.2, 0.25) is 0 Å². The molecule has 9 heteroatoms. The van der Waals surface area contributed by atoms with Crippen molar-refractivity contribution in [3.05, 3.63) is 41.9 Å². The normalized spacial score (nSPS) is 15.3. The van der Waals surface area contributed by atoms with Crippen LogP contribution >= 0.6 is 0 Å². The molecule has 0 atom stereocenters. The van der Waals surface area contributed by atoms with Crippen molar-refractivity contribution in [3.63, 3.8) is 0 Å². The van der Waals surface area contributed by atoms with Crippen molar-refractivity contribution in [1.29, 1.82) is 0 Å². The molecule has 1 heterocycles. The second-order valence-electron chi connectivity index (χ2n) is 6.60. The number of aryl methyl sites for hydroxylation is 1. The first-order valence-electron chi connectivity index (χ1n) is 8.76. The number of nitrogens with two attached hydrogens (primary N) is 1. The van der Waals surface area contributed by atoms with Crippen LogP contribution in [0.1, 0.15) is 48.2 Å². The number of primary sulfonamides is 1. The summed E-state index contributed by atoms with van der Waals surface area (Å²) in [5, 5.41) is 7.83. The summed E-state index contributed by atoms with van der Waals surface area (Å²) >= 11 is 0. The molecule has 27 heavy (non-hydrogen) atoms. The third-order valence-corrected chi connectivity index (χ3v) is 5.40. The number of benzene rings is 1. The fourth-order valence-corrected chi connectivity index (χ4v) is 3.62. The second kappa shape index (κ2) is 8.01. The standard InChI is InChI=1S/C18H22N4O4S/c1-12-9-14(27(19,24)25)7-8-15(12)22-18(23)16-10-17(21-11-20-16)26-13-5-3-2-4-6-13/h7-11,13H,2-6H2,1H3,(H,22,23)(H2,19,24,25). The fraction of sp³-hybridized carbons (Fsp3) is 0.389. The van der Waals surface area contributed by atoms with Gasteiger partial charge in [0.25, 0.3) is 5.91 Å². The van der Waals surface area contributed by atoms with E-state index in [-0.39, 0.29) is 16.7 Å². The van der Waals surface area contributed by atoms with Gasteiger partial charge in [0.1, 0.15) is 18.1 Å². The molecule has 0 bridgehead atoms. The van der Waals surface area contributed by atoms with Gasteiger partial charge in [-0.05, 0) is 56.4 Å². The van der Waals surface area contributed by atoms with E-state index in [1.54, 1.807) is 6.92 Å². The lowest BCUT2D eigenvalue weighted by atomic mass is 9.98. The van der Waals surface area contributed by atoms with Crippen molar-refractivity contribution in [3.8, 4) is 5.88 Å². The maximum Gasteiger partial charge on any atom is 0.274 e. The molecule has 0 spiro atoms. The minimum atomic E-state index is -3.79. The molecule has 144 valence electrons. The quantitative estimate of drug-likeness (QED) is 0.808. The van der Waals surface area contributed by atoms with Crippen LogP contribution in [0.25, 0.3) is 0 Å². The van der Waals surface area contributed by atoms with Gasteiger partial charge in [0.2, 0.25) is 15.9 Å². The summed E-state index contributed by atoms with van der Waals surface area (Å²) in [6, 6.07) is 5.75. The number of amides is 1. The van der Waals surface area contributed by atoms with Crippen LogP contribution < -0.4 is 15.2 Å². The summed E-state index contributed by atoms with van der Waals surface area (Å²) in [5.41, 5.74) is 1.22. The Balaban J connectivity index is 1.72. The Morgan fingerprint density at radius 3 is 2.59 bits per heavy atom. The average Bonchev–Trinajstić information content (AvgIpc) is 2.63. The van der Waals surface area contributed by atoms with E-state index in [0.29, 0.717) is 17.1 Å². The predicted molar refractivity (Wildman–Crippen MR) is 100 cm³/mol. The van der Waals surface area contributed by atoms with E-state index in [2.05, 4.69) is 15.3 Å². The molecular weight excluding hydrogens is 368 g/mol. The summed E-state index contributed by atoms with van der Waals surface area (Å²) in [4.78, 5) is 20.6. The largest absolute Gasteiger partial charge is 0.474 e. The van der Waals surface area contributed by atoms with Gasteiger partial charge in [0.05, 0.1) is 4.90 Å². The maximum absolute atomic E-state index is 12.5. The van der Waals surface area contributed by atoms with Crippen molar-refractivity contribution in [2.75, 3.05) is 5.32 Å². The van der Waals surface area contributed by atoms with Crippen LogP contribution in [0.3, 0.4) is 0 Å². The van der Waals surface area contributed by atoms with E-state index in [1.165, 1.54) is 37.0 Å². The van der Waals surface area contributed by atoms with E-state index in [9.17, 15) is 13.2 Å². The van der Waals surface area contributed by atoms with Crippen molar-refractivity contribution < 1.29 is 17.9 Å². The Labute approximate surface area is 158 Å². The van der Waals surface area contributed by atoms with Crippen molar-refractivity contribution in [1.82, 2.24) is 9.97 Å². The molecule has 0 unspecified atom stereocenters. The fourth-order valence-electron chi connectivity index (χ4n) is 3.02. The predicted octanol–water partition coefficient (Wildman–Crippen LogP) is 2.40. The van der Waals surface area contributed by atoms with E-state index in [4.69, 9.17) is 9.88 Å². The van der Waals surface area contributed by atoms with Crippen LogP contribution in [-0.2, 0) is 10.0 Å². The molecule has 3 N–H and O–H groups in total. The van der Waals surface area contributed by atoms with Gasteiger partial charge in [-0.25, -0.2) is 23.5 Å². The Bertz CT molecular complexity index is 940. The molecule has 1 aromatic heterocycles. The summed E-state index contributed by atoms with van der Waals surface area (Å²) < 4.78 is 28.7. The minimum absolute atomic E-state index is 0.0109. The Hall–Kier alpha value is -2.52. The average molecular weight is 390 g/mol. The first-order chi connectivity index (χ1) is 12.8. The molecule has 3 rings (SSSR count). The molecule has 1 aromatic carbocycles. The molecular formula is C18H22N4O4S. The zero-order valence-electron chi connectivity index (χ0n) is 15.0. The van der Waals surface area contributed by atoms with Crippen LogP contribution in [0, 0.1) is 6.92 Å². The number of aromatic nitrogens is 2. The van der Waals surface area contributed by atoms with Gasteiger partial charge in [-0.1, -0.05) is 6.42 Å². The molecule has 0 radical (unpaired) electrons. The first-order valence-corrected chi connectivity index (χ1v) is 10.3. The highest BCUT2D eigenvalue weighted by atomic mass is 32.2. The smallest absolute Gasteiger partial charge is 0.274 e. The number of carbonyl (C=O) groups is 1. The van der Waals surface area contributed by atoms with Gasteiger partial charge < -0.3 is 10.1 Å². The molecule has 2 aromatic rings. The first kappa shape index (κ1) is 19.2. The number of nitrogens with one attached hydrogen (secondary N) is 1. The Morgan fingerprint density at radius 2 is 1.93 bits per heavy atom. The highest BCUT2D eigenvalue weighted by Crippen LogP contribution is 2.23. The molecule has 0 saturated heterocycles. The van der Waals surface area contributed by atoms with Gasteiger partial charge in [-0.15, -0.1) is 0 Å². The van der Waals surface area contributed by atoms with Gasteiger partial charge in [-0.3, -0.25) is 4.79 Å². The van der Waals surface area contributed by atoms with E-state index in [0.717, 1.165) is 25.7 Å². The second-order valence-corrected chi connectivity index (χ2v) is 8.16. The van der Waals surface area contributed by atoms with Crippen molar-refractivity contribution >= 4 is 21.6 Å². The summed E-state index contributed by atoms with van der Waals surface area (Å²) in [7, 11) is -3.79. The number of ether oxygens (including phenoxy) is 1. The lowest BCUT2D eigenvalue weighted by Gasteiger charge is -2.22. The number of rotatable bonds is 5. The highest BCUT2D eigenvalue weighted by molar-refractivity contribution is 7.89. The zero-order valence-corrected chi connectivity index (χ0v) is 15.8. The highest BCUT2D eigenvalue weighted by Gasteiger charge is 2.17. The lowest BCUT2D eigenvalue weighted by Crippen LogP contribution is -2.21. The lowest BCUT2D eigenvalue weighted by molar-refractivity contribution is 0.101. The summed E-state index contributed by atoms with van der Waals surface area (Å²) in [6.45, 7) is 1.68. The Morgan fingerprint density at radius 1 is 1.19 bits per heavy atom. The number of hydrogen-bond donors (Lipinski definition) is 2. The third-order valence-electron chi connectivity index (χ3n) is 4.49. The number of carbonyl (C=O) groups excluding carboxylic acids is 1. The molecule has 1 saturated carbocycles. The molecule has 8 nitrogen and oxygen atoms in total. The van der Waals surface area contributed by atoms with Crippen LogP contribution in [0.15, 0.2) is 35.5 Å². The van der Waals surface area contributed by atoms with Gasteiger partial charge in [0.15, 0.2) is 0 Å². The van der Waals surface area contributed by atoms with Crippen molar-refractivity contribution in [2.45, 2.75) is 50.0 Å². The van der Waals surface area contributed by atoms with E-state index in [1.807, 2.05) is 0 Å². The molecule has 0 aliphatic heterocycles. The zero-order chi connectivity index (χ0) is 19.4. The maximum atomic E-state index is 12.5. The number of hydrogen-bond acceptors (Lipinski definition) is 6. The van der Waals surface area contributed by atoms with Gasteiger partial charge in [0, 0.05) is 11.8 Å². The number of sulfonamides is 1. The number of nitrogens with zero attached hydrogens (tertiary/aromatic N) is 2. The van der Waals surface area contributed by atoms with Crippen LogP contribution in [0.4, 0.5) is 5.69 Å². The minimum Gasteiger partial charge on any atom is -0.474 e. The van der Waals surface area contributed by atoms with Crippen molar-refractivity contribution in [2.24, 2.45) is 5.14 Å². The summed E-state index contributed by atoms with van der Waals surface area (Å²) in [6.07, 6.45) is 6.89. The third kappa shape index (κ3) is 5.01. The van der Waals surface area contributed by atoms with Crippen LogP contribution in [0.5, 0.6) is 5.88 Å². The monoisotopic (exact) mass is 390 g/mol. The SMILES string of the molecule is Cc1cc(S(N)(=O)=O)ccc1NC(=O)c1cc(OC2CCCCC2)ncn1.